The third-order valence-corrected chi connectivity index (χ3v) is 3.94. The van der Waals surface area contributed by atoms with Crippen LogP contribution in [0.1, 0.15) is 37.0 Å². The SMILES string of the molecule is CCC(=O)Nc1cc(NC(=O)CC)cc(C(=O)NCCOCCOCCOCCN)c1. The molecule has 0 aliphatic carbocycles. The van der Waals surface area contributed by atoms with E-state index in [0.29, 0.717) is 82.5 Å². The molecule has 1 aromatic rings. The summed E-state index contributed by atoms with van der Waals surface area (Å²) in [6.45, 7) is 6.89. The van der Waals surface area contributed by atoms with Crippen LogP contribution in [0.5, 0.6) is 0 Å². The normalized spacial score (nSPS) is 10.5. The summed E-state index contributed by atoms with van der Waals surface area (Å²) in [6, 6.07) is 4.74. The second-order valence-corrected chi connectivity index (χ2v) is 6.48. The van der Waals surface area contributed by atoms with Crippen molar-refractivity contribution < 1.29 is 28.6 Å². The lowest BCUT2D eigenvalue weighted by molar-refractivity contribution is -0.116. The Morgan fingerprint density at radius 3 is 1.74 bits per heavy atom. The Bertz CT molecular complexity index is 662. The summed E-state index contributed by atoms with van der Waals surface area (Å²) in [4.78, 5) is 35.9. The Balaban J connectivity index is 2.44. The summed E-state index contributed by atoms with van der Waals surface area (Å²) < 4.78 is 15.9. The van der Waals surface area contributed by atoms with E-state index in [1.165, 1.54) is 0 Å². The first-order valence-corrected chi connectivity index (χ1v) is 10.5. The van der Waals surface area contributed by atoms with Gasteiger partial charge in [0.15, 0.2) is 0 Å². The lowest BCUT2D eigenvalue weighted by Gasteiger charge is -2.12. The summed E-state index contributed by atoms with van der Waals surface area (Å²) >= 11 is 0. The van der Waals surface area contributed by atoms with Gasteiger partial charge < -0.3 is 35.9 Å². The standard InChI is InChI=1S/C21H34N4O6/c1-3-19(26)24-17-13-16(14-18(15-17)25-20(27)4-2)21(28)23-6-8-30-10-12-31-11-9-29-7-5-22/h13-15H,3-12,22H2,1-2H3,(H,23,28)(H,24,26)(H,25,27). The maximum Gasteiger partial charge on any atom is 0.251 e. The van der Waals surface area contributed by atoms with Crippen molar-refractivity contribution in [3.63, 3.8) is 0 Å². The molecule has 0 aliphatic rings. The van der Waals surface area contributed by atoms with Crippen molar-refractivity contribution in [2.24, 2.45) is 5.73 Å². The smallest absolute Gasteiger partial charge is 0.251 e. The fraction of sp³-hybridized carbons (Fsp3) is 0.571. The van der Waals surface area contributed by atoms with Gasteiger partial charge in [-0.25, -0.2) is 0 Å². The molecule has 0 unspecified atom stereocenters. The molecule has 0 bridgehead atoms. The van der Waals surface area contributed by atoms with Gasteiger partial charge in [-0.15, -0.1) is 0 Å². The van der Waals surface area contributed by atoms with E-state index < -0.39 is 0 Å². The molecule has 174 valence electrons. The van der Waals surface area contributed by atoms with E-state index >= 15 is 0 Å². The molecule has 0 aliphatic heterocycles. The molecule has 1 rings (SSSR count). The van der Waals surface area contributed by atoms with Crippen molar-refractivity contribution in [2.45, 2.75) is 26.7 Å². The van der Waals surface area contributed by atoms with Crippen LogP contribution < -0.4 is 21.7 Å². The van der Waals surface area contributed by atoms with E-state index in [1.54, 1.807) is 32.0 Å². The number of nitrogens with two attached hydrogens (primary N) is 1. The fourth-order valence-electron chi connectivity index (χ4n) is 2.37. The van der Waals surface area contributed by atoms with E-state index in [4.69, 9.17) is 19.9 Å². The molecule has 3 amide bonds. The molecule has 5 N–H and O–H groups in total. The van der Waals surface area contributed by atoms with Crippen LogP contribution in [0.15, 0.2) is 18.2 Å². The molecule has 0 spiro atoms. The third kappa shape index (κ3) is 12.0. The molecule has 10 nitrogen and oxygen atoms in total. The minimum atomic E-state index is -0.337. The average Bonchev–Trinajstić information content (AvgIpc) is 2.76. The van der Waals surface area contributed by atoms with Crippen LogP contribution in [0.2, 0.25) is 0 Å². The highest BCUT2D eigenvalue weighted by atomic mass is 16.5. The van der Waals surface area contributed by atoms with Gasteiger partial charge in [-0.1, -0.05) is 13.8 Å². The topological polar surface area (TPSA) is 141 Å². The Morgan fingerprint density at radius 1 is 0.774 bits per heavy atom. The van der Waals surface area contributed by atoms with Gasteiger partial charge in [-0.3, -0.25) is 14.4 Å². The molecule has 10 heteroatoms. The molecule has 0 saturated carbocycles. The van der Waals surface area contributed by atoms with E-state index in [0.717, 1.165) is 0 Å². The van der Waals surface area contributed by atoms with E-state index in [2.05, 4.69) is 16.0 Å². The highest BCUT2D eigenvalue weighted by Gasteiger charge is 2.11. The number of hydrogen-bond acceptors (Lipinski definition) is 7. The summed E-state index contributed by atoms with van der Waals surface area (Å²) in [7, 11) is 0. The average molecular weight is 439 g/mol. The number of amides is 3. The minimum absolute atomic E-state index is 0.188. The van der Waals surface area contributed by atoms with Crippen LogP contribution in [-0.2, 0) is 23.8 Å². The lowest BCUT2D eigenvalue weighted by atomic mass is 10.1. The number of anilines is 2. The number of nitrogens with one attached hydrogen (secondary N) is 3. The van der Waals surface area contributed by atoms with Gasteiger partial charge in [0.25, 0.3) is 5.91 Å². The van der Waals surface area contributed by atoms with E-state index in [-0.39, 0.29) is 17.7 Å². The first-order chi connectivity index (χ1) is 15.0. The number of carbonyl (C=O) groups is 3. The molecule has 0 atom stereocenters. The van der Waals surface area contributed by atoms with Gasteiger partial charge in [0.1, 0.15) is 0 Å². The summed E-state index contributed by atoms with van der Waals surface area (Å²) in [5.74, 6) is -0.713. The van der Waals surface area contributed by atoms with Crippen LogP contribution >= 0.6 is 0 Å². The van der Waals surface area contributed by atoms with Gasteiger partial charge in [0.2, 0.25) is 11.8 Å². The Hall–Kier alpha value is -2.53. The molecule has 0 heterocycles. The largest absolute Gasteiger partial charge is 0.378 e. The molecule has 0 aromatic heterocycles. The van der Waals surface area contributed by atoms with Crippen molar-refractivity contribution in [1.82, 2.24) is 5.32 Å². The maximum atomic E-state index is 12.5. The van der Waals surface area contributed by atoms with Crippen LogP contribution in [0, 0.1) is 0 Å². The number of ether oxygens (including phenoxy) is 3. The maximum absolute atomic E-state index is 12.5. The van der Waals surface area contributed by atoms with Crippen molar-refractivity contribution in [2.75, 3.05) is 63.4 Å². The monoisotopic (exact) mass is 438 g/mol. The number of carbonyl (C=O) groups excluding carboxylic acids is 3. The third-order valence-electron chi connectivity index (χ3n) is 3.94. The van der Waals surface area contributed by atoms with Gasteiger partial charge in [-0.2, -0.15) is 0 Å². The zero-order valence-electron chi connectivity index (χ0n) is 18.3. The first kappa shape index (κ1) is 26.5. The molecule has 1 aromatic carbocycles. The lowest BCUT2D eigenvalue weighted by Crippen LogP contribution is -2.28. The highest BCUT2D eigenvalue weighted by Crippen LogP contribution is 2.20. The van der Waals surface area contributed by atoms with Gasteiger partial charge in [0, 0.05) is 42.9 Å². The molecular weight excluding hydrogens is 404 g/mol. The van der Waals surface area contributed by atoms with E-state index in [1.807, 2.05) is 0 Å². The van der Waals surface area contributed by atoms with Crippen molar-refractivity contribution in [3.8, 4) is 0 Å². The highest BCUT2D eigenvalue weighted by molar-refractivity contribution is 6.00. The summed E-state index contributed by atoms with van der Waals surface area (Å²) in [5.41, 5.74) is 6.51. The summed E-state index contributed by atoms with van der Waals surface area (Å²) in [6.07, 6.45) is 0.601. The van der Waals surface area contributed by atoms with Crippen LogP contribution in [0.25, 0.3) is 0 Å². The Labute approximate surface area is 183 Å². The molecular formula is C21H34N4O6. The van der Waals surface area contributed by atoms with Crippen LogP contribution in [0.4, 0.5) is 11.4 Å². The molecule has 31 heavy (non-hydrogen) atoms. The predicted molar refractivity (Wildman–Crippen MR) is 118 cm³/mol. The van der Waals surface area contributed by atoms with E-state index in [9.17, 15) is 14.4 Å². The molecule has 0 fully saturated rings. The number of benzene rings is 1. The molecule has 0 saturated heterocycles. The van der Waals surface area contributed by atoms with Crippen molar-refractivity contribution >= 4 is 29.1 Å². The Morgan fingerprint density at radius 2 is 1.26 bits per heavy atom. The second kappa shape index (κ2) is 16.2. The fourth-order valence-corrected chi connectivity index (χ4v) is 2.37. The second-order valence-electron chi connectivity index (χ2n) is 6.48. The first-order valence-electron chi connectivity index (χ1n) is 10.5. The predicted octanol–water partition coefficient (Wildman–Crippen LogP) is 1.12. The van der Waals surface area contributed by atoms with Gasteiger partial charge in [0.05, 0.1) is 39.6 Å². The number of hydrogen-bond donors (Lipinski definition) is 4. The zero-order valence-corrected chi connectivity index (χ0v) is 18.3. The zero-order chi connectivity index (χ0) is 22.9. The van der Waals surface area contributed by atoms with Gasteiger partial charge >= 0.3 is 0 Å². The van der Waals surface area contributed by atoms with Crippen molar-refractivity contribution in [1.29, 1.82) is 0 Å². The summed E-state index contributed by atoms with van der Waals surface area (Å²) in [5, 5.41) is 8.16. The van der Waals surface area contributed by atoms with Crippen molar-refractivity contribution in [3.05, 3.63) is 23.8 Å². The number of rotatable bonds is 16. The van der Waals surface area contributed by atoms with Crippen LogP contribution in [0.3, 0.4) is 0 Å². The Kier molecular flexibility index (Phi) is 13.9. The minimum Gasteiger partial charge on any atom is -0.378 e. The van der Waals surface area contributed by atoms with Gasteiger partial charge in [-0.05, 0) is 18.2 Å². The molecule has 0 radical (unpaired) electrons. The quantitative estimate of drug-likeness (QED) is 0.283. The van der Waals surface area contributed by atoms with Crippen LogP contribution in [-0.4, -0.2) is 70.5 Å².